The maximum absolute atomic E-state index is 13.3. The van der Waals surface area contributed by atoms with Gasteiger partial charge in [0.1, 0.15) is 23.9 Å². The van der Waals surface area contributed by atoms with Gasteiger partial charge in [-0.05, 0) is 55.3 Å². The monoisotopic (exact) mass is 535 g/mol. The number of carboxylic acid groups (broad SMARTS) is 1. The average Bonchev–Trinajstić information content (AvgIpc) is 2.90. The molecule has 1 rings (SSSR count). The van der Waals surface area contributed by atoms with Crippen molar-refractivity contribution in [1.29, 1.82) is 0 Å². The van der Waals surface area contributed by atoms with E-state index in [2.05, 4.69) is 16.0 Å². The second-order valence-corrected chi connectivity index (χ2v) is 9.90. The third-order valence-electron chi connectivity index (χ3n) is 6.92. The largest absolute Gasteiger partial charge is 0.508 e. The smallest absolute Gasteiger partial charge is 0.326 e. The highest BCUT2D eigenvalue weighted by Gasteiger charge is 2.33. The number of rotatable bonds is 17. The van der Waals surface area contributed by atoms with Gasteiger partial charge in [0.2, 0.25) is 17.7 Å². The zero-order valence-electron chi connectivity index (χ0n) is 22.9. The number of phenols is 1. The van der Waals surface area contributed by atoms with Gasteiger partial charge in [-0.1, -0.05) is 52.7 Å². The molecule has 0 aliphatic rings. The Kier molecular flexibility index (Phi) is 14.4. The van der Waals surface area contributed by atoms with Gasteiger partial charge in [0.15, 0.2) is 0 Å². The number of carbonyl (C=O) groups excluding carboxylic acids is 3. The molecule has 11 heteroatoms. The van der Waals surface area contributed by atoms with E-state index in [0.29, 0.717) is 37.8 Å². The van der Waals surface area contributed by atoms with Gasteiger partial charge in [-0.15, -0.1) is 0 Å². The van der Waals surface area contributed by atoms with Gasteiger partial charge in [0, 0.05) is 6.42 Å². The number of amides is 3. The number of carbonyl (C=O) groups is 4. The van der Waals surface area contributed by atoms with E-state index < -0.39 is 47.9 Å². The maximum atomic E-state index is 13.3. The number of aliphatic carboxylic acids is 1. The number of nitrogens with one attached hydrogen (secondary N) is 3. The van der Waals surface area contributed by atoms with Crippen LogP contribution in [0, 0.1) is 11.8 Å². The summed E-state index contributed by atoms with van der Waals surface area (Å²) in [5.74, 6) is -3.13. The molecule has 1 aromatic rings. The van der Waals surface area contributed by atoms with Crippen LogP contribution in [-0.2, 0) is 25.6 Å². The number of benzene rings is 1. The molecule has 0 saturated carbocycles. The highest BCUT2D eigenvalue weighted by atomic mass is 16.4. The summed E-state index contributed by atoms with van der Waals surface area (Å²) in [5.41, 5.74) is 12.3. The highest BCUT2D eigenvalue weighted by molar-refractivity contribution is 5.94. The topological polar surface area (TPSA) is 197 Å². The highest BCUT2D eigenvalue weighted by Crippen LogP contribution is 2.14. The summed E-state index contributed by atoms with van der Waals surface area (Å²) < 4.78 is 0. The number of phenolic OH excluding ortho intramolecular Hbond substituents is 1. The van der Waals surface area contributed by atoms with E-state index in [1.165, 1.54) is 12.1 Å². The molecule has 0 fully saturated rings. The molecule has 3 amide bonds. The van der Waals surface area contributed by atoms with Crippen molar-refractivity contribution in [3.05, 3.63) is 29.8 Å². The first-order chi connectivity index (χ1) is 17.9. The van der Waals surface area contributed by atoms with Crippen LogP contribution < -0.4 is 27.4 Å². The van der Waals surface area contributed by atoms with Crippen molar-refractivity contribution in [1.82, 2.24) is 16.0 Å². The first kappa shape index (κ1) is 32.8. The Morgan fingerprint density at radius 1 is 0.842 bits per heavy atom. The van der Waals surface area contributed by atoms with Gasteiger partial charge < -0.3 is 37.6 Å². The van der Waals surface area contributed by atoms with E-state index in [9.17, 15) is 29.4 Å². The van der Waals surface area contributed by atoms with Crippen LogP contribution in [0.5, 0.6) is 5.75 Å². The molecule has 214 valence electrons. The maximum Gasteiger partial charge on any atom is 0.326 e. The fourth-order valence-electron chi connectivity index (χ4n) is 3.83. The minimum absolute atomic E-state index is 0.0100. The minimum atomic E-state index is -1.25. The van der Waals surface area contributed by atoms with Gasteiger partial charge >= 0.3 is 5.97 Å². The van der Waals surface area contributed by atoms with Crippen molar-refractivity contribution in [3.8, 4) is 5.75 Å². The summed E-state index contributed by atoms with van der Waals surface area (Å²) >= 11 is 0. The predicted octanol–water partition coefficient (Wildman–Crippen LogP) is 1.02. The molecule has 0 radical (unpaired) electrons. The molecule has 38 heavy (non-hydrogen) atoms. The number of unbranched alkanes of at least 4 members (excludes halogenated alkanes) is 1. The molecule has 1 aromatic carbocycles. The van der Waals surface area contributed by atoms with Crippen LogP contribution in [0.4, 0.5) is 0 Å². The second-order valence-electron chi connectivity index (χ2n) is 9.90. The molecule has 0 heterocycles. The Bertz CT molecular complexity index is 910. The van der Waals surface area contributed by atoms with Crippen LogP contribution in [0.25, 0.3) is 0 Å². The third-order valence-corrected chi connectivity index (χ3v) is 6.92. The number of nitrogens with two attached hydrogens (primary N) is 2. The van der Waals surface area contributed by atoms with Crippen molar-refractivity contribution in [2.24, 2.45) is 23.3 Å². The van der Waals surface area contributed by atoms with E-state index in [4.69, 9.17) is 11.5 Å². The Morgan fingerprint density at radius 2 is 1.42 bits per heavy atom. The summed E-state index contributed by atoms with van der Waals surface area (Å²) in [6, 6.07) is 2.04. The molecule has 0 aliphatic carbocycles. The molecule has 0 bridgehead atoms. The van der Waals surface area contributed by atoms with E-state index in [1.54, 1.807) is 12.1 Å². The van der Waals surface area contributed by atoms with Crippen LogP contribution in [0.15, 0.2) is 24.3 Å². The molecule has 0 spiro atoms. The quantitative estimate of drug-likeness (QED) is 0.143. The Morgan fingerprint density at radius 3 is 1.95 bits per heavy atom. The summed E-state index contributed by atoms with van der Waals surface area (Å²) in [6.07, 6.45) is 2.67. The fraction of sp³-hybridized carbons (Fsp3) is 0.630. The molecule has 6 atom stereocenters. The van der Waals surface area contributed by atoms with Gasteiger partial charge in [0.25, 0.3) is 0 Å². The zero-order valence-corrected chi connectivity index (χ0v) is 22.9. The van der Waals surface area contributed by atoms with E-state index in [1.807, 2.05) is 27.7 Å². The number of aromatic hydroxyl groups is 1. The van der Waals surface area contributed by atoms with Crippen LogP contribution in [-0.4, -0.2) is 64.6 Å². The lowest BCUT2D eigenvalue weighted by molar-refractivity contribution is -0.142. The van der Waals surface area contributed by atoms with Crippen molar-refractivity contribution >= 4 is 23.7 Å². The normalized spacial score (nSPS) is 15.8. The Hall–Kier alpha value is -3.18. The molecule has 0 aromatic heterocycles. The summed E-state index contributed by atoms with van der Waals surface area (Å²) in [4.78, 5) is 51.1. The van der Waals surface area contributed by atoms with Crippen LogP contribution >= 0.6 is 0 Å². The van der Waals surface area contributed by atoms with E-state index in [-0.39, 0.29) is 30.4 Å². The Balaban J connectivity index is 3.06. The van der Waals surface area contributed by atoms with Crippen LogP contribution in [0.3, 0.4) is 0 Å². The SMILES string of the molecule is CCC(C)C(N)C(=O)NC(C(=O)NC(CCCCN)C(=O)NC(Cc1ccc(O)cc1)C(=O)O)C(C)CC. The molecule has 0 saturated heterocycles. The van der Waals surface area contributed by atoms with Crippen LogP contribution in [0.2, 0.25) is 0 Å². The number of hydrogen-bond donors (Lipinski definition) is 7. The zero-order chi connectivity index (χ0) is 28.8. The fourth-order valence-corrected chi connectivity index (χ4v) is 3.83. The van der Waals surface area contributed by atoms with Crippen LogP contribution in [0.1, 0.15) is 65.4 Å². The Labute approximate surface area is 225 Å². The average molecular weight is 536 g/mol. The first-order valence-corrected chi connectivity index (χ1v) is 13.3. The molecule has 11 nitrogen and oxygen atoms in total. The van der Waals surface area contributed by atoms with Gasteiger partial charge in [0.05, 0.1) is 6.04 Å². The molecule has 6 unspecified atom stereocenters. The molecular weight excluding hydrogens is 490 g/mol. The van der Waals surface area contributed by atoms with Crippen molar-refractivity contribution in [2.75, 3.05) is 6.54 Å². The van der Waals surface area contributed by atoms with Gasteiger partial charge in [-0.25, -0.2) is 4.79 Å². The van der Waals surface area contributed by atoms with Gasteiger partial charge in [-0.2, -0.15) is 0 Å². The number of hydrogen-bond acceptors (Lipinski definition) is 7. The summed E-state index contributed by atoms with van der Waals surface area (Å²) in [7, 11) is 0. The van der Waals surface area contributed by atoms with Crippen molar-refractivity contribution in [2.45, 2.75) is 90.4 Å². The standard InChI is InChI=1S/C27H45N5O6/c1-5-16(3)22(29)25(35)32-23(17(4)6-2)26(36)30-20(9-7-8-14-28)24(34)31-21(27(37)38)15-18-10-12-19(33)13-11-18/h10-13,16-17,20-23,33H,5-9,14-15,28-29H2,1-4H3,(H,30,36)(H,31,34)(H,32,35)(H,37,38). The lowest BCUT2D eigenvalue weighted by Crippen LogP contribution is -2.59. The third kappa shape index (κ3) is 10.7. The predicted molar refractivity (Wildman–Crippen MR) is 145 cm³/mol. The lowest BCUT2D eigenvalue weighted by atomic mass is 9.95. The number of carboxylic acids is 1. The van der Waals surface area contributed by atoms with Crippen molar-refractivity contribution in [3.63, 3.8) is 0 Å². The molecule has 0 aliphatic heterocycles. The summed E-state index contributed by atoms with van der Waals surface area (Å²) in [5, 5.41) is 27.2. The van der Waals surface area contributed by atoms with E-state index >= 15 is 0 Å². The van der Waals surface area contributed by atoms with Crippen molar-refractivity contribution < 1.29 is 29.4 Å². The summed E-state index contributed by atoms with van der Waals surface area (Å²) in [6.45, 7) is 7.89. The minimum Gasteiger partial charge on any atom is -0.508 e. The first-order valence-electron chi connectivity index (χ1n) is 13.3. The second kappa shape index (κ2) is 16.6. The molecular formula is C27H45N5O6. The van der Waals surface area contributed by atoms with E-state index in [0.717, 1.165) is 0 Å². The lowest BCUT2D eigenvalue weighted by Gasteiger charge is -2.29. The molecule has 9 N–H and O–H groups in total. The van der Waals surface area contributed by atoms with Gasteiger partial charge in [-0.3, -0.25) is 14.4 Å².